The Hall–Kier alpha value is -0.200. The van der Waals surface area contributed by atoms with Crippen LogP contribution < -0.4 is 0 Å². The summed E-state index contributed by atoms with van der Waals surface area (Å²) in [7, 11) is 0. The zero-order chi connectivity index (χ0) is 15.0. The quantitative estimate of drug-likeness (QED) is 0.465. The van der Waals surface area contributed by atoms with Crippen LogP contribution >= 0.6 is 0 Å². The van der Waals surface area contributed by atoms with E-state index in [4.69, 9.17) is 0 Å². The molecule has 0 aromatic rings. The minimum atomic E-state index is -1.16. The molecule has 1 heterocycles. The molecule has 1 aliphatic rings. The van der Waals surface area contributed by atoms with Crippen molar-refractivity contribution >= 4 is 0 Å². The van der Waals surface area contributed by atoms with Crippen LogP contribution in [0.1, 0.15) is 51.9 Å². The molecule has 4 N–H and O–H groups in total. The predicted octanol–water partition coefficient (Wildman–Crippen LogP) is 0.496. The van der Waals surface area contributed by atoms with Crippen LogP contribution in [-0.4, -0.2) is 69.4 Å². The summed E-state index contributed by atoms with van der Waals surface area (Å²) in [6.07, 6.45) is 5.29. The van der Waals surface area contributed by atoms with Crippen molar-refractivity contribution in [3.8, 4) is 0 Å². The lowest BCUT2D eigenvalue weighted by molar-refractivity contribution is -0.145. The molecular weight excluding hydrogens is 258 g/mol. The van der Waals surface area contributed by atoms with Gasteiger partial charge in [-0.15, -0.1) is 0 Å². The second kappa shape index (κ2) is 9.68. The zero-order valence-electron chi connectivity index (χ0n) is 12.6. The standard InChI is InChI=1S/C15H31NO4/c1-2-3-4-5-6-7-8-9-16-10-13(18)15(20)14(19)12(16)11-17/h12-15,17-20H,2-11H2,1H3/t12?,13?,14-,15-/m1/s1. The van der Waals surface area contributed by atoms with Crippen LogP contribution in [-0.2, 0) is 0 Å². The predicted molar refractivity (Wildman–Crippen MR) is 78.5 cm³/mol. The molecule has 1 saturated heterocycles. The largest absolute Gasteiger partial charge is 0.395 e. The lowest BCUT2D eigenvalue weighted by atomic mass is 9.94. The van der Waals surface area contributed by atoms with Gasteiger partial charge in [-0.25, -0.2) is 0 Å². The highest BCUT2D eigenvalue weighted by Crippen LogP contribution is 2.19. The van der Waals surface area contributed by atoms with E-state index in [1.807, 2.05) is 4.90 Å². The maximum absolute atomic E-state index is 9.87. The van der Waals surface area contributed by atoms with Crippen molar-refractivity contribution in [1.29, 1.82) is 0 Å². The molecule has 5 nitrogen and oxygen atoms in total. The monoisotopic (exact) mass is 289 g/mol. The molecule has 0 aliphatic carbocycles. The fourth-order valence-electron chi connectivity index (χ4n) is 2.91. The lowest BCUT2D eigenvalue weighted by Gasteiger charge is -2.43. The van der Waals surface area contributed by atoms with E-state index >= 15 is 0 Å². The second-order valence-corrected chi connectivity index (χ2v) is 5.91. The molecule has 0 aromatic heterocycles. The number of hydrogen-bond acceptors (Lipinski definition) is 5. The number of likely N-dealkylation sites (tertiary alicyclic amines) is 1. The van der Waals surface area contributed by atoms with E-state index in [2.05, 4.69) is 6.92 Å². The topological polar surface area (TPSA) is 84.2 Å². The number of aliphatic hydroxyl groups excluding tert-OH is 4. The van der Waals surface area contributed by atoms with Crippen LogP contribution in [0.5, 0.6) is 0 Å². The zero-order valence-corrected chi connectivity index (χ0v) is 12.6. The molecule has 1 rings (SSSR count). The molecule has 0 saturated carbocycles. The van der Waals surface area contributed by atoms with E-state index in [9.17, 15) is 20.4 Å². The van der Waals surface area contributed by atoms with Crippen LogP contribution in [0.4, 0.5) is 0 Å². The molecule has 0 radical (unpaired) electrons. The van der Waals surface area contributed by atoms with E-state index in [0.717, 1.165) is 19.4 Å². The first-order valence-electron chi connectivity index (χ1n) is 8.01. The number of rotatable bonds is 9. The number of unbranched alkanes of at least 4 members (excludes halogenated alkanes) is 6. The smallest absolute Gasteiger partial charge is 0.109 e. The van der Waals surface area contributed by atoms with Crippen LogP contribution in [0, 0.1) is 0 Å². The lowest BCUT2D eigenvalue weighted by Crippen LogP contribution is -2.62. The fraction of sp³-hybridized carbons (Fsp3) is 1.00. The first-order chi connectivity index (χ1) is 9.61. The molecule has 4 atom stereocenters. The Morgan fingerprint density at radius 2 is 1.50 bits per heavy atom. The molecule has 1 fully saturated rings. The van der Waals surface area contributed by atoms with Crippen molar-refractivity contribution in [3.05, 3.63) is 0 Å². The van der Waals surface area contributed by atoms with Gasteiger partial charge in [0.1, 0.15) is 12.2 Å². The van der Waals surface area contributed by atoms with Crippen LogP contribution in [0.15, 0.2) is 0 Å². The summed E-state index contributed by atoms with van der Waals surface area (Å²) in [6, 6.07) is -0.464. The molecule has 0 bridgehead atoms. The molecule has 20 heavy (non-hydrogen) atoms. The summed E-state index contributed by atoms with van der Waals surface area (Å²) in [5, 5.41) is 38.5. The van der Waals surface area contributed by atoms with Crippen molar-refractivity contribution in [2.45, 2.75) is 76.2 Å². The van der Waals surface area contributed by atoms with Gasteiger partial charge < -0.3 is 20.4 Å². The van der Waals surface area contributed by atoms with Crippen LogP contribution in [0.25, 0.3) is 0 Å². The van der Waals surface area contributed by atoms with Crippen molar-refractivity contribution in [3.63, 3.8) is 0 Å². The Balaban J connectivity index is 2.24. The first-order valence-corrected chi connectivity index (χ1v) is 8.01. The summed E-state index contributed by atoms with van der Waals surface area (Å²) in [6.45, 7) is 3.08. The van der Waals surface area contributed by atoms with Gasteiger partial charge in [0.2, 0.25) is 0 Å². The highest BCUT2D eigenvalue weighted by Gasteiger charge is 2.40. The van der Waals surface area contributed by atoms with E-state index in [1.165, 1.54) is 32.1 Å². The van der Waals surface area contributed by atoms with Gasteiger partial charge >= 0.3 is 0 Å². The Labute approximate surface area is 122 Å². The Kier molecular flexibility index (Phi) is 8.64. The molecule has 0 aromatic carbocycles. The third kappa shape index (κ3) is 5.30. The minimum absolute atomic E-state index is 0.193. The van der Waals surface area contributed by atoms with Gasteiger partial charge in [-0.2, -0.15) is 0 Å². The maximum atomic E-state index is 9.87. The summed E-state index contributed by atoms with van der Waals surface area (Å²) in [4.78, 5) is 1.90. The third-order valence-corrected chi connectivity index (χ3v) is 4.26. The average molecular weight is 289 g/mol. The second-order valence-electron chi connectivity index (χ2n) is 5.91. The molecule has 120 valence electrons. The van der Waals surface area contributed by atoms with Gasteiger partial charge in [0, 0.05) is 6.54 Å². The highest BCUT2D eigenvalue weighted by atomic mass is 16.4. The van der Waals surface area contributed by atoms with Crippen molar-refractivity contribution in [2.24, 2.45) is 0 Å². The molecule has 5 heteroatoms. The first kappa shape index (κ1) is 17.9. The number of piperidine rings is 1. The fourth-order valence-corrected chi connectivity index (χ4v) is 2.91. The average Bonchev–Trinajstić information content (AvgIpc) is 2.44. The van der Waals surface area contributed by atoms with E-state index in [1.54, 1.807) is 0 Å². The van der Waals surface area contributed by atoms with Gasteiger partial charge in [0.05, 0.1) is 18.8 Å². The number of hydrogen-bond donors (Lipinski definition) is 4. The summed E-state index contributed by atoms with van der Waals surface area (Å²) in [5.74, 6) is 0. The highest BCUT2D eigenvalue weighted by molar-refractivity contribution is 4.93. The number of aliphatic hydroxyl groups is 4. The van der Waals surface area contributed by atoms with Gasteiger partial charge in [0.15, 0.2) is 0 Å². The Bertz CT molecular complexity index is 252. The number of β-amino-alcohol motifs (C(OH)–C–C–N with tert-alkyl or cyclic N) is 1. The molecule has 0 amide bonds. The van der Waals surface area contributed by atoms with Crippen LogP contribution in [0.3, 0.4) is 0 Å². The minimum Gasteiger partial charge on any atom is -0.395 e. The van der Waals surface area contributed by atoms with Crippen molar-refractivity contribution in [2.75, 3.05) is 19.7 Å². The summed E-state index contributed by atoms with van der Waals surface area (Å²) < 4.78 is 0. The molecular formula is C15H31NO4. The van der Waals surface area contributed by atoms with E-state index < -0.39 is 24.4 Å². The molecule has 1 aliphatic heterocycles. The Morgan fingerprint density at radius 1 is 0.900 bits per heavy atom. The SMILES string of the molecule is CCCCCCCCCN1CC(O)[C@@H](O)[C@H](O)C1CO. The molecule has 0 spiro atoms. The Morgan fingerprint density at radius 3 is 2.10 bits per heavy atom. The van der Waals surface area contributed by atoms with E-state index in [0.29, 0.717) is 6.54 Å². The van der Waals surface area contributed by atoms with Gasteiger partial charge in [0.25, 0.3) is 0 Å². The third-order valence-electron chi connectivity index (χ3n) is 4.26. The summed E-state index contributed by atoms with van der Waals surface area (Å²) in [5.41, 5.74) is 0. The van der Waals surface area contributed by atoms with Crippen LogP contribution in [0.2, 0.25) is 0 Å². The van der Waals surface area contributed by atoms with Gasteiger partial charge in [-0.3, -0.25) is 4.90 Å². The van der Waals surface area contributed by atoms with Gasteiger partial charge in [-0.05, 0) is 13.0 Å². The van der Waals surface area contributed by atoms with Crippen molar-refractivity contribution < 1.29 is 20.4 Å². The maximum Gasteiger partial charge on any atom is 0.109 e. The normalized spacial score (nSPS) is 31.6. The van der Waals surface area contributed by atoms with Gasteiger partial charge in [-0.1, -0.05) is 45.4 Å². The number of nitrogens with zero attached hydrogens (tertiary/aromatic N) is 1. The molecule has 2 unspecified atom stereocenters. The summed E-state index contributed by atoms with van der Waals surface area (Å²) >= 11 is 0. The van der Waals surface area contributed by atoms with E-state index in [-0.39, 0.29) is 6.61 Å². The van der Waals surface area contributed by atoms with Crippen molar-refractivity contribution in [1.82, 2.24) is 4.90 Å².